The first kappa shape index (κ1) is 20.7. The van der Waals surface area contributed by atoms with Crippen LogP contribution >= 0.6 is 0 Å². The minimum atomic E-state index is -0.132. The monoisotopic (exact) mass is 419 g/mol. The molecule has 8 nitrogen and oxygen atoms in total. The Hall–Kier alpha value is -3.55. The van der Waals surface area contributed by atoms with Gasteiger partial charge in [-0.3, -0.25) is 9.78 Å². The van der Waals surface area contributed by atoms with Crippen molar-refractivity contribution < 1.29 is 14.3 Å². The van der Waals surface area contributed by atoms with Crippen LogP contribution < -0.4 is 14.8 Å². The summed E-state index contributed by atoms with van der Waals surface area (Å²) in [6.45, 7) is 2.41. The second-order valence-electron chi connectivity index (χ2n) is 7.35. The summed E-state index contributed by atoms with van der Waals surface area (Å²) >= 11 is 0. The van der Waals surface area contributed by atoms with Crippen LogP contribution in [0.3, 0.4) is 0 Å². The molecule has 4 rings (SSSR count). The zero-order valence-corrected chi connectivity index (χ0v) is 17.5. The average molecular weight is 419 g/mol. The van der Waals surface area contributed by atoms with E-state index >= 15 is 0 Å². The number of nitrogens with zero attached hydrogens (tertiary/aromatic N) is 4. The van der Waals surface area contributed by atoms with Crippen LogP contribution in [-0.4, -0.2) is 38.5 Å². The van der Waals surface area contributed by atoms with Crippen LogP contribution in [0.25, 0.3) is 11.4 Å². The molecule has 31 heavy (non-hydrogen) atoms. The average Bonchev–Trinajstić information content (AvgIpc) is 2.81. The molecule has 0 saturated heterocycles. The summed E-state index contributed by atoms with van der Waals surface area (Å²) in [5.41, 5.74) is 1.12. The van der Waals surface area contributed by atoms with Gasteiger partial charge in [0.1, 0.15) is 5.75 Å². The van der Waals surface area contributed by atoms with Gasteiger partial charge in [0.2, 0.25) is 0 Å². The molecule has 1 amide bonds. The molecule has 8 heteroatoms. The molecule has 0 bridgehead atoms. The molecular formula is C23H25N5O3. The largest absolute Gasteiger partial charge is 0.488 e. The van der Waals surface area contributed by atoms with Crippen LogP contribution in [-0.2, 0) is 0 Å². The SMILES string of the molecule is CCOc1cccnc1Oc1cncc(-c2ncc(C(=O)NC3CCCCC3)cn2)c1. The molecule has 0 spiro atoms. The lowest BCUT2D eigenvalue weighted by atomic mass is 9.95. The van der Waals surface area contributed by atoms with Crippen molar-refractivity contribution in [3.8, 4) is 28.8 Å². The highest BCUT2D eigenvalue weighted by Crippen LogP contribution is 2.30. The fourth-order valence-electron chi connectivity index (χ4n) is 3.54. The van der Waals surface area contributed by atoms with Gasteiger partial charge in [0, 0.05) is 36.4 Å². The first-order chi connectivity index (χ1) is 15.2. The normalized spacial score (nSPS) is 14.1. The van der Waals surface area contributed by atoms with Crippen molar-refractivity contribution in [3.63, 3.8) is 0 Å². The molecule has 3 heterocycles. The van der Waals surface area contributed by atoms with Crippen molar-refractivity contribution in [2.75, 3.05) is 6.61 Å². The quantitative estimate of drug-likeness (QED) is 0.613. The highest BCUT2D eigenvalue weighted by atomic mass is 16.5. The van der Waals surface area contributed by atoms with Gasteiger partial charge < -0.3 is 14.8 Å². The summed E-state index contributed by atoms with van der Waals surface area (Å²) in [6.07, 6.45) is 13.6. The summed E-state index contributed by atoms with van der Waals surface area (Å²) in [4.78, 5) is 29.6. The number of nitrogens with one attached hydrogen (secondary N) is 1. The van der Waals surface area contributed by atoms with E-state index in [1.165, 1.54) is 6.42 Å². The molecule has 3 aromatic rings. The number of hydrogen-bond donors (Lipinski definition) is 1. The van der Waals surface area contributed by atoms with Gasteiger partial charge in [0.15, 0.2) is 11.6 Å². The van der Waals surface area contributed by atoms with Crippen molar-refractivity contribution >= 4 is 5.91 Å². The molecule has 160 valence electrons. The Bertz CT molecular complexity index is 1020. The highest BCUT2D eigenvalue weighted by molar-refractivity contribution is 5.93. The number of hydrogen-bond acceptors (Lipinski definition) is 7. The van der Waals surface area contributed by atoms with E-state index in [0.29, 0.717) is 40.9 Å². The van der Waals surface area contributed by atoms with E-state index < -0.39 is 0 Å². The Balaban J connectivity index is 1.46. The zero-order valence-electron chi connectivity index (χ0n) is 17.5. The minimum Gasteiger partial charge on any atom is -0.488 e. The number of ether oxygens (including phenoxy) is 2. The van der Waals surface area contributed by atoms with Gasteiger partial charge in [-0.2, -0.15) is 0 Å². The van der Waals surface area contributed by atoms with Crippen LogP contribution in [0, 0.1) is 0 Å². The molecular weight excluding hydrogens is 394 g/mol. The lowest BCUT2D eigenvalue weighted by molar-refractivity contribution is 0.0927. The summed E-state index contributed by atoms with van der Waals surface area (Å²) in [5.74, 6) is 1.73. The number of rotatable bonds is 7. The number of carbonyl (C=O) groups is 1. The van der Waals surface area contributed by atoms with E-state index in [2.05, 4.69) is 25.3 Å². The Morgan fingerprint density at radius 1 is 1.10 bits per heavy atom. The number of pyridine rings is 2. The Kier molecular flexibility index (Phi) is 6.66. The lowest BCUT2D eigenvalue weighted by Gasteiger charge is -2.22. The van der Waals surface area contributed by atoms with Gasteiger partial charge >= 0.3 is 0 Å². The van der Waals surface area contributed by atoms with Gasteiger partial charge in [-0.25, -0.2) is 15.0 Å². The van der Waals surface area contributed by atoms with Gasteiger partial charge in [-0.15, -0.1) is 0 Å². The van der Waals surface area contributed by atoms with Gasteiger partial charge in [-0.05, 0) is 38.0 Å². The van der Waals surface area contributed by atoms with E-state index in [1.807, 2.05) is 6.92 Å². The molecule has 3 aromatic heterocycles. The standard InChI is InChI=1S/C23H25N5O3/c1-2-30-20-9-6-10-25-23(20)31-19-11-16(12-24-15-19)21-26-13-17(14-27-21)22(29)28-18-7-4-3-5-8-18/h6,9-15,18H,2-5,7-8H2,1H3,(H,28,29). The van der Waals surface area contributed by atoms with E-state index in [1.54, 1.807) is 49.2 Å². The number of carbonyl (C=O) groups excluding carboxylic acids is 1. The molecule has 0 radical (unpaired) electrons. The topological polar surface area (TPSA) is 99.1 Å². The van der Waals surface area contributed by atoms with Crippen molar-refractivity contribution in [2.45, 2.75) is 45.1 Å². The van der Waals surface area contributed by atoms with Gasteiger partial charge in [-0.1, -0.05) is 19.3 Å². The van der Waals surface area contributed by atoms with Gasteiger partial charge in [0.05, 0.1) is 18.4 Å². The van der Waals surface area contributed by atoms with E-state index in [4.69, 9.17) is 9.47 Å². The van der Waals surface area contributed by atoms with Crippen LogP contribution in [0.4, 0.5) is 0 Å². The van der Waals surface area contributed by atoms with E-state index in [0.717, 1.165) is 25.7 Å². The van der Waals surface area contributed by atoms with Crippen molar-refractivity contribution in [2.24, 2.45) is 0 Å². The van der Waals surface area contributed by atoms with Gasteiger partial charge in [0.25, 0.3) is 11.8 Å². The molecule has 1 aliphatic rings. The first-order valence-electron chi connectivity index (χ1n) is 10.6. The number of amides is 1. The zero-order chi connectivity index (χ0) is 21.5. The molecule has 0 aromatic carbocycles. The smallest absolute Gasteiger partial charge is 0.262 e. The van der Waals surface area contributed by atoms with Crippen molar-refractivity contribution in [1.82, 2.24) is 25.3 Å². The van der Waals surface area contributed by atoms with Crippen LogP contribution in [0.1, 0.15) is 49.4 Å². The Labute approximate surface area is 181 Å². The van der Waals surface area contributed by atoms with Crippen LogP contribution in [0.5, 0.6) is 17.4 Å². The molecule has 1 fully saturated rings. The second-order valence-corrected chi connectivity index (χ2v) is 7.35. The van der Waals surface area contributed by atoms with E-state index in [9.17, 15) is 4.79 Å². The maximum Gasteiger partial charge on any atom is 0.262 e. The van der Waals surface area contributed by atoms with Crippen LogP contribution in [0.15, 0.2) is 49.2 Å². The summed E-state index contributed by atoms with van der Waals surface area (Å²) in [5, 5.41) is 3.08. The minimum absolute atomic E-state index is 0.132. The third-order valence-electron chi connectivity index (χ3n) is 5.08. The molecule has 1 aliphatic carbocycles. The Morgan fingerprint density at radius 2 is 1.90 bits per heavy atom. The molecule has 0 aliphatic heterocycles. The third-order valence-corrected chi connectivity index (χ3v) is 5.08. The Morgan fingerprint density at radius 3 is 2.68 bits per heavy atom. The molecule has 1 N–H and O–H groups in total. The molecule has 1 saturated carbocycles. The van der Waals surface area contributed by atoms with Crippen LogP contribution in [0.2, 0.25) is 0 Å². The molecule has 0 atom stereocenters. The highest BCUT2D eigenvalue weighted by Gasteiger charge is 2.17. The van der Waals surface area contributed by atoms with Crippen molar-refractivity contribution in [1.29, 1.82) is 0 Å². The predicted molar refractivity (Wildman–Crippen MR) is 115 cm³/mol. The number of aromatic nitrogens is 4. The summed E-state index contributed by atoms with van der Waals surface area (Å²) < 4.78 is 11.4. The lowest BCUT2D eigenvalue weighted by Crippen LogP contribution is -2.36. The third kappa shape index (κ3) is 5.33. The summed E-state index contributed by atoms with van der Waals surface area (Å²) in [6, 6.07) is 5.59. The molecule has 0 unspecified atom stereocenters. The maximum absolute atomic E-state index is 12.5. The maximum atomic E-state index is 12.5. The van der Waals surface area contributed by atoms with Crippen molar-refractivity contribution in [3.05, 3.63) is 54.7 Å². The first-order valence-corrected chi connectivity index (χ1v) is 10.6. The fraction of sp³-hybridized carbons (Fsp3) is 0.348. The summed E-state index contributed by atoms with van der Waals surface area (Å²) in [7, 11) is 0. The van der Waals surface area contributed by atoms with E-state index in [-0.39, 0.29) is 11.9 Å². The second kappa shape index (κ2) is 9.97. The fourth-order valence-corrected chi connectivity index (χ4v) is 3.54. The predicted octanol–water partition coefficient (Wildman–Crippen LogP) is 4.19.